The predicted octanol–water partition coefficient (Wildman–Crippen LogP) is 4.39. The average Bonchev–Trinajstić information content (AvgIpc) is 3.26. The third kappa shape index (κ3) is 5.24. The highest BCUT2D eigenvalue weighted by Gasteiger charge is 2.19. The molecule has 3 aromatic carbocycles. The van der Waals surface area contributed by atoms with E-state index in [2.05, 4.69) is 15.5 Å². The first-order valence-corrected chi connectivity index (χ1v) is 10.9. The van der Waals surface area contributed by atoms with Crippen LogP contribution in [0.4, 0.5) is 10.1 Å². The van der Waals surface area contributed by atoms with E-state index in [4.69, 9.17) is 0 Å². The fourth-order valence-electron chi connectivity index (χ4n) is 3.11. The molecule has 1 heterocycles. The molecule has 166 valence electrons. The molecule has 10 heteroatoms. The average molecular weight is 463 g/mol. The molecule has 0 saturated heterocycles. The van der Waals surface area contributed by atoms with Crippen molar-refractivity contribution in [2.75, 3.05) is 5.75 Å². The van der Waals surface area contributed by atoms with E-state index in [1.54, 1.807) is 34.9 Å². The van der Waals surface area contributed by atoms with Gasteiger partial charge in [0, 0.05) is 24.4 Å². The summed E-state index contributed by atoms with van der Waals surface area (Å²) in [7, 11) is 0. The van der Waals surface area contributed by atoms with Crippen LogP contribution in [0.2, 0.25) is 0 Å². The van der Waals surface area contributed by atoms with Gasteiger partial charge in [-0.1, -0.05) is 54.2 Å². The van der Waals surface area contributed by atoms with Crippen molar-refractivity contribution < 1.29 is 14.1 Å². The first-order chi connectivity index (χ1) is 16.0. The van der Waals surface area contributed by atoms with Crippen LogP contribution >= 0.6 is 11.8 Å². The van der Waals surface area contributed by atoms with Crippen molar-refractivity contribution in [2.24, 2.45) is 0 Å². The van der Waals surface area contributed by atoms with Gasteiger partial charge in [0.05, 0.1) is 16.2 Å². The first-order valence-electron chi connectivity index (χ1n) is 9.91. The Morgan fingerprint density at radius 3 is 2.39 bits per heavy atom. The van der Waals surface area contributed by atoms with Gasteiger partial charge in [-0.05, 0) is 29.8 Å². The zero-order valence-corrected chi connectivity index (χ0v) is 18.0. The molecule has 0 bridgehead atoms. The summed E-state index contributed by atoms with van der Waals surface area (Å²) in [4.78, 5) is 22.6. The summed E-state index contributed by atoms with van der Waals surface area (Å²) < 4.78 is 16.2. The van der Waals surface area contributed by atoms with Crippen LogP contribution in [0, 0.1) is 15.9 Å². The van der Waals surface area contributed by atoms with E-state index in [9.17, 15) is 19.3 Å². The maximum atomic E-state index is 14.4. The lowest BCUT2D eigenvalue weighted by Crippen LogP contribution is -2.24. The third-order valence-corrected chi connectivity index (χ3v) is 5.66. The molecule has 0 spiro atoms. The second-order valence-electron chi connectivity index (χ2n) is 6.95. The van der Waals surface area contributed by atoms with Crippen LogP contribution in [0.25, 0.3) is 17.1 Å². The quantitative estimate of drug-likeness (QED) is 0.236. The number of halogens is 1. The number of hydrogen-bond donors (Lipinski definition) is 1. The largest absolute Gasteiger partial charge is 0.351 e. The molecule has 0 aliphatic heterocycles. The Hall–Kier alpha value is -4.05. The van der Waals surface area contributed by atoms with Gasteiger partial charge in [-0.15, -0.1) is 10.2 Å². The standard InChI is InChI=1S/C23H18FN5O3S/c24-20-9-5-4-8-19(20)22-26-27-23(28(22)17-6-2-1-3-7-17)33-15-21(30)25-14-16-10-12-18(13-11-16)29(31)32/h1-13H,14-15H2,(H,25,30). The van der Waals surface area contributed by atoms with Crippen molar-refractivity contribution in [1.82, 2.24) is 20.1 Å². The van der Waals surface area contributed by atoms with E-state index in [1.807, 2.05) is 30.3 Å². The van der Waals surface area contributed by atoms with E-state index in [0.29, 0.717) is 16.5 Å². The number of benzene rings is 3. The summed E-state index contributed by atoms with van der Waals surface area (Å²) in [5, 5.41) is 22.3. The van der Waals surface area contributed by atoms with E-state index in [0.717, 1.165) is 11.3 Å². The summed E-state index contributed by atoms with van der Waals surface area (Å²) in [6.45, 7) is 0.239. The monoisotopic (exact) mass is 463 g/mol. The molecule has 1 amide bonds. The van der Waals surface area contributed by atoms with Gasteiger partial charge >= 0.3 is 0 Å². The van der Waals surface area contributed by atoms with Gasteiger partial charge in [0.1, 0.15) is 5.82 Å². The number of thioether (sulfide) groups is 1. The molecule has 0 radical (unpaired) electrons. The first kappa shape index (κ1) is 22.2. The summed E-state index contributed by atoms with van der Waals surface area (Å²) in [5.74, 6) is -0.254. The number of nitro groups is 1. The Kier molecular flexibility index (Phi) is 6.75. The van der Waals surface area contributed by atoms with Gasteiger partial charge in [-0.25, -0.2) is 4.39 Å². The molecular formula is C23H18FN5O3S. The Bertz CT molecular complexity index is 1280. The van der Waals surface area contributed by atoms with Gasteiger partial charge in [-0.2, -0.15) is 0 Å². The lowest BCUT2D eigenvalue weighted by molar-refractivity contribution is -0.384. The summed E-state index contributed by atoms with van der Waals surface area (Å²) >= 11 is 1.18. The van der Waals surface area contributed by atoms with Gasteiger partial charge in [0.15, 0.2) is 11.0 Å². The van der Waals surface area contributed by atoms with Crippen molar-refractivity contribution in [3.63, 3.8) is 0 Å². The number of nitro benzene ring substituents is 1. The molecule has 0 unspecified atom stereocenters. The van der Waals surface area contributed by atoms with Gasteiger partial charge in [0.2, 0.25) is 5.91 Å². The summed E-state index contributed by atoms with van der Waals surface area (Å²) in [6.07, 6.45) is 0. The van der Waals surface area contributed by atoms with Crippen molar-refractivity contribution >= 4 is 23.4 Å². The van der Waals surface area contributed by atoms with E-state index >= 15 is 0 Å². The molecule has 8 nitrogen and oxygen atoms in total. The number of carbonyl (C=O) groups is 1. The van der Waals surface area contributed by atoms with Crippen molar-refractivity contribution in [2.45, 2.75) is 11.7 Å². The van der Waals surface area contributed by atoms with Gasteiger partial charge < -0.3 is 5.32 Å². The molecular weight excluding hydrogens is 445 g/mol. The highest BCUT2D eigenvalue weighted by Crippen LogP contribution is 2.29. The summed E-state index contributed by atoms with van der Waals surface area (Å²) in [6, 6.07) is 21.6. The van der Waals surface area contributed by atoms with Crippen LogP contribution in [0.3, 0.4) is 0 Å². The van der Waals surface area contributed by atoms with Gasteiger partial charge in [-0.3, -0.25) is 19.5 Å². The Balaban J connectivity index is 1.48. The lowest BCUT2D eigenvalue weighted by atomic mass is 10.2. The third-order valence-electron chi connectivity index (χ3n) is 4.73. The normalized spacial score (nSPS) is 10.7. The number of non-ortho nitro benzene ring substituents is 1. The smallest absolute Gasteiger partial charge is 0.269 e. The molecule has 0 aliphatic carbocycles. The topological polar surface area (TPSA) is 103 Å². The molecule has 1 aromatic heterocycles. The molecule has 4 aromatic rings. The van der Waals surface area contributed by atoms with E-state index < -0.39 is 10.7 Å². The molecule has 4 rings (SSSR count). The zero-order valence-electron chi connectivity index (χ0n) is 17.2. The van der Waals surface area contributed by atoms with Crippen molar-refractivity contribution in [3.05, 3.63) is 100 Å². The predicted molar refractivity (Wildman–Crippen MR) is 122 cm³/mol. The highest BCUT2D eigenvalue weighted by molar-refractivity contribution is 7.99. The van der Waals surface area contributed by atoms with Crippen LogP contribution in [0.15, 0.2) is 84.0 Å². The second-order valence-corrected chi connectivity index (χ2v) is 7.89. The fourth-order valence-corrected chi connectivity index (χ4v) is 3.89. The maximum Gasteiger partial charge on any atom is 0.269 e. The Morgan fingerprint density at radius 2 is 1.70 bits per heavy atom. The number of carbonyl (C=O) groups excluding carboxylic acids is 1. The number of aromatic nitrogens is 3. The number of rotatable bonds is 8. The van der Waals surface area contributed by atoms with E-state index in [1.165, 1.54) is 30.0 Å². The molecule has 0 aliphatic rings. The second kappa shape index (κ2) is 10.0. The Morgan fingerprint density at radius 1 is 1.00 bits per heavy atom. The van der Waals surface area contributed by atoms with Crippen molar-refractivity contribution in [1.29, 1.82) is 0 Å². The fraction of sp³-hybridized carbons (Fsp3) is 0.0870. The van der Waals surface area contributed by atoms with Gasteiger partial charge in [0.25, 0.3) is 5.69 Å². The van der Waals surface area contributed by atoms with Crippen molar-refractivity contribution in [3.8, 4) is 17.1 Å². The molecule has 1 N–H and O–H groups in total. The lowest BCUT2D eigenvalue weighted by Gasteiger charge is -2.11. The Labute approximate surface area is 192 Å². The van der Waals surface area contributed by atoms with Crippen LogP contribution < -0.4 is 5.32 Å². The number of amides is 1. The SMILES string of the molecule is O=C(CSc1nnc(-c2ccccc2F)n1-c1ccccc1)NCc1ccc([N+](=O)[O-])cc1. The highest BCUT2D eigenvalue weighted by atomic mass is 32.2. The minimum atomic E-state index is -0.475. The molecule has 0 saturated carbocycles. The van der Waals surface area contributed by atoms with E-state index in [-0.39, 0.29) is 23.9 Å². The number of nitrogens with zero attached hydrogens (tertiary/aromatic N) is 4. The molecule has 0 fully saturated rings. The number of hydrogen-bond acceptors (Lipinski definition) is 6. The number of nitrogens with one attached hydrogen (secondary N) is 1. The maximum absolute atomic E-state index is 14.4. The van der Waals surface area contributed by atoms with Crippen LogP contribution in [-0.4, -0.2) is 31.3 Å². The minimum absolute atomic E-state index is 0.00784. The number of para-hydroxylation sites is 1. The molecule has 0 atom stereocenters. The summed E-state index contributed by atoms with van der Waals surface area (Å²) in [5.41, 5.74) is 1.79. The van der Waals surface area contributed by atoms with Crippen LogP contribution in [-0.2, 0) is 11.3 Å². The molecule has 33 heavy (non-hydrogen) atoms. The zero-order chi connectivity index (χ0) is 23.2. The minimum Gasteiger partial charge on any atom is -0.351 e. The van der Waals surface area contributed by atoms with Crippen LogP contribution in [0.5, 0.6) is 0 Å². The van der Waals surface area contributed by atoms with Crippen LogP contribution in [0.1, 0.15) is 5.56 Å².